The van der Waals surface area contributed by atoms with E-state index in [0.717, 1.165) is 12.1 Å². The van der Waals surface area contributed by atoms with Crippen molar-refractivity contribution < 1.29 is 27.5 Å². The number of benzene rings is 1. The second-order valence-corrected chi connectivity index (χ2v) is 6.95. The van der Waals surface area contributed by atoms with Gasteiger partial charge in [0.05, 0.1) is 5.56 Å². The van der Waals surface area contributed by atoms with Gasteiger partial charge in [-0.3, -0.25) is 4.79 Å². The lowest BCUT2D eigenvalue weighted by Gasteiger charge is -2.10. The van der Waals surface area contributed by atoms with Crippen LogP contribution in [0.25, 0.3) is 0 Å². The van der Waals surface area contributed by atoms with E-state index in [1.165, 1.54) is 0 Å². The molecule has 0 aliphatic carbocycles. The minimum Gasteiger partial charge on any atom is -0.478 e. The van der Waals surface area contributed by atoms with Crippen LogP contribution >= 0.6 is 11.6 Å². The third-order valence-electron chi connectivity index (χ3n) is 2.34. The summed E-state index contributed by atoms with van der Waals surface area (Å²) in [6.45, 7) is 3.26. The van der Waals surface area contributed by atoms with Crippen LogP contribution in [-0.2, 0) is 14.6 Å². The van der Waals surface area contributed by atoms with E-state index < -0.39 is 43.7 Å². The van der Waals surface area contributed by atoms with Gasteiger partial charge in [0.2, 0.25) is 5.91 Å². The molecule has 1 aromatic carbocycles. The molecule has 0 unspecified atom stereocenters. The average molecular weight is 338 g/mol. The first-order valence-electron chi connectivity index (χ1n) is 5.79. The normalized spacial score (nSPS) is 11.5. The van der Waals surface area contributed by atoms with Gasteiger partial charge in [0.15, 0.2) is 15.7 Å². The molecule has 2 N–H and O–H groups in total. The molecule has 0 bridgehead atoms. The summed E-state index contributed by atoms with van der Waals surface area (Å²) >= 11 is 5.60. The molecular formula is C12H13ClFNO5S. The van der Waals surface area contributed by atoms with E-state index in [2.05, 4.69) is 5.32 Å². The number of carboxylic acid groups (broad SMARTS) is 1. The highest BCUT2D eigenvalue weighted by molar-refractivity contribution is 7.92. The Kier molecular flexibility index (Phi) is 5.30. The van der Waals surface area contributed by atoms with Gasteiger partial charge >= 0.3 is 5.97 Å². The molecular weight excluding hydrogens is 325 g/mol. The van der Waals surface area contributed by atoms with Crippen LogP contribution in [-0.4, -0.2) is 37.2 Å². The van der Waals surface area contributed by atoms with Crippen molar-refractivity contribution in [3.63, 3.8) is 0 Å². The maximum atomic E-state index is 14.0. The first-order chi connectivity index (χ1) is 9.54. The van der Waals surface area contributed by atoms with Crippen molar-refractivity contribution in [3.05, 3.63) is 28.5 Å². The number of carbonyl (C=O) groups excluding carboxylic acids is 1. The monoisotopic (exact) mass is 337 g/mol. The molecule has 0 saturated heterocycles. The van der Waals surface area contributed by atoms with Crippen molar-refractivity contribution in [2.45, 2.75) is 24.8 Å². The maximum absolute atomic E-state index is 14.0. The summed E-state index contributed by atoms with van der Waals surface area (Å²) < 4.78 is 38.0. The summed E-state index contributed by atoms with van der Waals surface area (Å²) in [5, 5.41) is 10.9. The van der Waals surface area contributed by atoms with Gasteiger partial charge in [-0.2, -0.15) is 0 Å². The number of carbonyl (C=O) groups is 2. The number of hydrogen-bond donors (Lipinski definition) is 2. The van der Waals surface area contributed by atoms with Crippen molar-refractivity contribution >= 4 is 33.3 Å². The van der Waals surface area contributed by atoms with Crippen LogP contribution in [0.2, 0.25) is 5.02 Å². The van der Waals surface area contributed by atoms with Crippen LogP contribution in [0.15, 0.2) is 17.0 Å². The summed E-state index contributed by atoms with van der Waals surface area (Å²) in [4.78, 5) is 21.4. The second-order valence-electron chi connectivity index (χ2n) is 4.55. The molecule has 1 aromatic rings. The van der Waals surface area contributed by atoms with E-state index in [0.29, 0.717) is 0 Å². The number of rotatable bonds is 5. The molecule has 0 spiro atoms. The zero-order valence-electron chi connectivity index (χ0n) is 11.2. The van der Waals surface area contributed by atoms with Crippen LogP contribution in [0.1, 0.15) is 24.2 Å². The fourth-order valence-corrected chi connectivity index (χ4v) is 3.12. The lowest BCUT2D eigenvalue weighted by Crippen LogP contribution is -2.35. The van der Waals surface area contributed by atoms with Gasteiger partial charge in [0, 0.05) is 11.1 Å². The van der Waals surface area contributed by atoms with Gasteiger partial charge in [-0.05, 0) is 26.0 Å². The third-order valence-corrected chi connectivity index (χ3v) is 4.17. The predicted octanol–water partition coefficient (Wildman–Crippen LogP) is 1.48. The molecule has 0 aliphatic rings. The molecule has 0 saturated carbocycles. The van der Waals surface area contributed by atoms with E-state index in [1.807, 2.05) is 0 Å². The van der Waals surface area contributed by atoms with Crippen molar-refractivity contribution in [3.8, 4) is 0 Å². The molecule has 0 atom stereocenters. The third kappa shape index (κ3) is 4.40. The summed E-state index contributed by atoms with van der Waals surface area (Å²) in [6, 6.07) is 1.29. The Balaban J connectivity index is 3.26. The zero-order chi connectivity index (χ0) is 16.4. The van der Waals surface area contributed by atoms with Gasteiger partial charge < -0.3 is 10.4 Å². The van der Waals surface area contributed by atoms with Crippen LogP contribution in [0.3, 0.4) is 0 Å². The zero-order valence-corrected chi connectivity index (χ0v) is 12.8. The van der Waals surface area contributed by atoms with Gasteiger partial charge in [0.25, 0.3) is 0 Å². The Labute approximate surface area is 125 Å². The van der Waals surface area contributed by atoms with E-state index >= 15 is 0 Å². The number of sulfone groups is 1. The summed E-state index contributed by atoms with van der Waals surface area (Å²) in [5.41, 5.74) is -0.870. The summed E-state index contributed by atoms with van der Waals surface area (Å²) in [5.74, 6) is -4.91. The fourth-order valence-electron chi connectivity index (χ4n) is 1.56. The van der Waals surface area contributed by atoms with E-state index in [9.17, 15) is 22.4 Å². The molecule has 0 aliphatic heterocycles. The van der Waals surface area contributed by atoms with Crippen molar-refractivity contribution in [2.75, 3.05) is 5.75 Å². The average Bonchev–Trinajstić information content (AvgIpc) is 2.29. The number of aromatic carboxylic acids is 1. The highest BCUT2D eigenvalue weighted by Crippen LogP contribution is 2.24. The molecule has 1 rings (SSSR count). The Morgan fingerprint density at radius 2 is 1.95 bits per heavy atom. The van der Waals surface area contributed by atoms with Gasteiger partial charge in [-0.25, -0.2) is 17.6 Å². The van der Waals surface area contributed by atoms with E-state index in [1.54, 1.807) is 13.8 Å². The lowest BCUT2D eigenvalue weighted by atomic mass is 10.2. The Hall–Kier alpha value is -1.67. The second kappa shape index (κ2) is 6.40. The minimum atomic E-state index is -4.35. The maximum Gasteiger partial charge on any atom is 0.338 e. The van der Waals surface area contributed by atoms with Crippen molar-refractivity contribution in [1.82, 2.24) is 5.32 Å². The predicted molar refractivity (Wildman–Crippen MR) is 73.7 cm³/mol. The molecule has 6 nitrogen and oxygen atoms in total. The molecule has 21 heavy (non-hydrogen) atoms. The molecule has 1 amide bonds. The number of halogens is 2. The van der Waals surface area contributed by atoms with E-state index in [-0.39, 0.29) is 11.1 Å². The van der Waals surface area contributed by atoms with E-state index in [4.69, 9.17) is 16.7 Å². The molecule has 0 heterocycles. The van der Waals surface area contributed by atoms with Gasteiger partial charge in [-0.15, -0.1) is 0 Å². The number of carboxylic acids is 1. The summed E-state index contributed by atoms with van der Waals surface area (Å²) in [7, 11) is -4.35. The minimum absolute atomic E-state index is 0.253. The highest BCUT2D eigenvalue weighted by Gasteiger charge is 2.27. The van der Waals surface area contributed by atoms with Crippen molar-refractivity contribution in [1.29, 1.82) is 0 Å². The largest absolute Gasteiger partial charge is 0.478 e. The SMILES string of the molecule is CC(C)NC(=O)CS(=O)(=O)c1cc(Cl)cc(C(=O)O)c1F. The van der Waals surface area contributed by atoms with Crippen LogP contribution in [0.4, 0.5) is 4.39 Å². The highest BCUT2D eigenvalue weighted by atomic mass is 35.5. The van der Waals surface area contributed by atoms with Crippen LogP contribution < -0.4 is 5.32 Å². The van der Waals surface area contributed by atoms with Crippen LogP contribution in [0, 0.1) is 5.82 Å². The van der Waals surface area contributed by atoms with Crippen LogP contribution in [0.5, 0.6) is 0 Å². The van der Waals surface area contributed by atoms with Crippen molar-refractivity contribution in [2.24, 2.45) is 0 Å². The molecule has 0 fully saturated rings. The first-order valence-corrected chi connectivity index (χ1v) is 7.82. The number of nitrogens with one attached hydrogen (secondary N) is 1. The molecule has 116 valence electrons. The van der Waals surface area contributed by atoms with Gasteiger partial charge in [0.1, 0.15) is 10.6 Å². The standard InChI is InChI=1S/C12H13ClFNO5S/c1-6(2)15-10(16)5-21(19,20)9-4-7(13)3-8(11(9)14)12(17)18/h3-4,6H,5H2,1-2H3,(H,15,16)(H,17,18). The quantitative estimate of drug-likeness (QED) is 0.847. The van der Waals surface area contributed by atoms with Gasteiger partial charge in [-0.1, -0.05) is 11.6 Å². The molecule has 0 aromatic heterocycles. The molecule has 0 radical (unpaired) electrons. The summed E-state index contributed by atoms with van der Waals surface area (Å²) in [6.07, 6.45) is 0. The topological polar surface area (TPSA) is 101 Å². The Bertz CT molecular complexity index is 687. The fraction of sp³-hybridized carbons (Fsp3) is 0.333. The lowest BCUT2D eigenvalue weighted by molar-refractivity contribution is -0.119. The molecule has 9 heteroatoms. The first kappa shape index (κ1) is 17.4. The number of hydrogen-bond acceptors (Lipinski definition) is 4. The Morgan fingerprint density at radius 3 is 2.43 bits per heavy atom. The smallest absolute Gasteiger partial charge is 0.338 e. The Morgan fingerprint density at radius 1 is 1.38 bits per heavy atom. The number of amides is 1.